The molecule has 42 heavy (non-hydrogen) atoms. The molecule has 1 saturated carbocycles. The average molecular weight is 604 g/mol. The molecule has 0 unspecified atom stereocenters. The summed E-state index contributed by atoms with van der Waals surface area (Å²) in [5.74, 6) is -3.09. The zero-order valence-corrected chi connectivity index (χ0v) is 26.3. The van der Waals surface area contributed by atoms with E-state index in [9.17, 15) is 18.7 Å². The first-order chi connectivity index (χ1) is 19.7. The summed E-state index contributed by atoms with van der Waals surface area (Å²) >= 11 is 6.95. The van der Waals surface area contributed by atoms with Crippen molar-refractivity contribution in [2.45, 2.75) is 97.8 Å². The monoisotopic (exact) mass is 603 g/mol. The second kappa shape index (κ2) is 11.7. The molecule has 2 aromatic rings. The van der Waals surface area contributed by atoms with E-state index in [1.54, 1.807) is 26.8 Å². The molecule has 2 aliphatic heterocycles. The van der Waals surface area contributed by atoms with Gasteiger partial charge in [0.25, 0.3) is 0 Å². The van der Waals surface area contributed by atoms with E-state index in [2.05, 4.69) is 23.6 Å². The number of carboxylic acid groups (broad SMARTS) is 1. The maximum Gasteiger partial charge on any atom is 0.337 e. The summed E-state index contributed by atoms with van der Waals surface area (Å²) in [5, 5.41) is 10.5. The Balaban J connectivity index is 1.69. The van der Waals surface area contributed by atoms with Gasteiger partial charge in [0.1, 0.15) is 5.15 Å². The van der Waals surface area contributed by atoms with Gasteiger partial charge in [-0.25, -0.2) is 18.6 Å². The molecule has 0 radical (unpaired) electrons. The highest BCUT2D eigenvalue weighted by Crippen LogP contribution is 2.50. The molecule has 3 fully saturated rings. The van der Waals surface area contributed by atoms with E-state index in [0.717, 1.165) is 44.8 Å². The van der Waals surface area contributed by atoms with Gasteiger partial charge >= 0.3 is 5.97 Å². The van der Waals surface area contributed by atoms with Crippen molar-refractivity contribution >= 4 is 23.3 Å². The molecule has 1 aliphatic carbocycles. The van der Waals surface area contributed by atoms with Gasteiger partial charge in [-0.3, -0.25) is 4.90 Å². The summed E-state index contributed by atoms with van der Waals surface area (Å²) in [6, 6.07) is 3.85. The molecule has 1 atom stereocenters. The molecule has 5 rings (SSSR count). The molecule has 0 amide bonds. The highest BCUT2D eigenvalue weighted by molar-refractivity contribution is 6.31. The summed E-state index contributed by atoms with van der Waals surface area (Å²) in [6.07, 6.45) is 6.51. The van der Waals surface area contributed by atoms with Crippen molar-refractivity contribution in [1.29, 1.82) is 0 Å². The van der Waals surface area contributed by atoms with E-state index in [1.165, 1.54) is 25.3 Å². The van der Waals surface area contributed by atoms with Crippen LogP contribution in [-0.4, -0.2) is 52.7 Å². The molecule has 2 saturated heterocycles. The van der Waals surface area contributed by atoms with E-state index in [4.69, 9.17) is 21.3 Å². The van der Waals surface area contributed by atoms with Crippen LogP contribution in [0.5, 0.6) is 0 Å². The van der Waals surface area contributed by atoms with Gasteiger partial charge in [0.15, 0.2) is 17.7 Å². The fraction of sp³-hybridized carbons (Fsp3) is 0.636. The molecule has 230 valence electrons. The Bertz CT molecular complexity index is 1320. The third kappa shape index (κ3) is 6.61. The summed E-state index contributed by atoms with van der Waals surface area (Å²) in [7, 11) is 0. The van der Waals surface area contributed by atoms with E-state index in [-0.39, 0.29) is 16.1 Å². The lowest BCUT2D eigenvalue weighted by molar-refractivity contribution is -0.160. The number of rotatable bonds is 7. The minimum atomic E-state index is -1.40. The first-order valence-electron chi connectivity index (χ1n) is 15.2. The van der Waals surface area contributed by atoms with Gasteiger partial charge in [-0.1, -0.05) is 37.9 Å². The number of nitrogens with zero attached hydrogens (tertiary/aromatic N) is 3. The van der Waals surface area contributed by atoms with Gasteiger partial charge in [-0.15, -0.1) is 0 Å². The van der Waals surface area contributed by atoms with Gasteiger partial charge in [0.2, 0.25) is 0 Å². The van der Waals surface area contributed by atoms with Crippen molar-refractivity contribution in [3.05, 3.63) is 46.2 Å². The summed E-state index contributed by atoms with van der Waals surface area (Å²) in [4.78, 5) is 22.1. The molecular formula is C33H44ClF2N3O3. The van der Waals surface area contributed by atoms with Crippen molar-refractivity contribution in [3.8, 4) is 11.1 Å². The third-order valence-corrected chi connectivity index (χ3v) is 9.83. The molecule has 3 aliphatic rings. The number of benzene rings is 1. The van der Waals surface area contributed by atoms with E-state index >= 15 is 0 Å². The molecule has 1 spiro atoms. The van der Waals surface area contributed by atoms with Crippen LogP contribution in [0, 0.1) is 22.5 Å². The number of hydrogen-bond acceptors (Lipinski definition) is 5. The van der Waals surface area contributed by atoms with Gasteiger partial charge in [0.05, 0.1) is 22.5 Å². The summed E-state index contributed by atoms with van der Waals surface area (Å²) in [6.45, 7) is 13.5. The lowest BCUT2D eigenvalue weighted by Gasteiger charge is -2.48. The van der Waals surface area contributed by atoms with Gasteiger partial charge in [0, 0.05) is 25.2 Å². The summed E-state index contributed by atoms with van der Waals surface area (Å²) in [5.41, 5.74) is 2.34. The summed E-state index contributed by atoms with van der Waals surface area (Å²) < 4.78 is 35.1. The fourth-order valence-corrected chi connectivity index (χ4v) is 7.02. The van der Waals surface area contributed by atoms with E-state index in [0.29, 0.717) is 47.6 Å². The minimum absolute atomic E-state index is 0.0697. The maximum absolute atomic E-state index is 14.8. The normalized spacial score (nSPS) is 21.3. The molecule has 1 aromatic heterocycles. The van der Waals surface area contributed by atoms with Crippen LogP contribution in [0.25, 0.3) is 11.1 Å². The van der Waals surface area contributed by atoms with Crippen molar-refractivity contribution in [3.63, 3.8) is 0 Å². The quantitative estimate of drug-likeness (QED) is 0.323. The van der Waals surface area contributed by atoms with Crippen molar-refractivity contribution in [1.82, 2.24) is 9.88 Å². The van der Waals surface area contributed by atoms with Crippen molar-refractivity contribution in [2.75, 3.05) is 31.1 Å². The SMILES string of the molecule is CC1(C)CCN(c2c(-c3ccc(F)c(F)c3)c(CN3CCC4(CCC4)CC3)nc(Cl)c2[C@H](OC(C)(C)C)C(=O)O)CC1. The highest BCUT2D eigenvalue weighted by Gasteiger charge is 2.41. The number of likely N-dealkylation sites (tertiary alicyclic amines) is 1. The second-order valence-electron chi connectivity index (χ2n) is 14.3. The van der Waals surface area contributed by atoms with Crippen LogP contribution in [0.4, 0.5) is 14.5 Å². The Kier molecular flexibility index (Phi) is 8.65. The number of carboxylic acids is 1. The number of ether oxygens (including phenoxy) is 1. The van der Waals surface area contributed by atoms with Gasteiger partial charge in [-0.2, -0.15) is 0 Å². The fourth-order valence-electron chi connectivity index (χ4n) is 6.73. The van der Waals surface area contributed by atoms with Crippen LogP contribution in [0.3, 0.4) is 0 Å². The molecule has 0 bridgehead atoms. The first kappa shape index (κ1) is 31.1. The lowest BCUT2D eigenvalue weighted by Crippen LogP contribution is -2.43. The number of aromatic nitrogens is 1. The lowest BCUT2D eigenvalue weighted by atomic mass is 9.63. The Morgan fingerprint density at radius 3 is 2.21 bits per heavy atom. The topological polar surface area (TPSA) is 65.9 Å². The molecule has 1 N–H and O–H groups in total. The number of anilines is 1. The van der Waals surface area contributed by atoms with Crippen LogP contribution in [0.2, 0.25) is 5.15 Å². The van der Waals surface area contributed by atoms with Crippen LogP contribution in [-0.2, 0) is 16.1 Å². The van der Waals surface area contributed by atoms with E-state index in [1.807, 2.05) is 0 Å². The molecule has 1 aromatic carbocycles. The minimum Gasteiger partial charge on any atom is -0.479 e. The van der Waals surface area contributed by atoms with Crippen LogP contribution in [0.1, 0.15) is 96.9 Å². The number of aliphatic carboxylic acids is 1. The van der Waals surface area contributed by atoms with Crippen LogP contribution < -0.4 is 4.90 Å². The molecule has 3 heterocycles. The number of piperidine rings is 2. The van der Waals surface area contributed by atoms with Crippen molar-refractivity contribution < 1.29 is 23.4 Å². The van der Waals surface area contributed by atoms with Gasteiger partial charge < -0.3 is 14.7 Å². The first-order valence-corrected chi connectivity index (χ1v) is 15.6. The number of hydrogen-bond donors (Lipinski definition) is 1. The molecule has 9 heteroatoms. The Morgan fingerprint density at radius 2 is 1.69 bits per heavy atom. The van der Waals surface area contributed by atoms with Crippen molar-refractivity contribution in [2.24, 2.45) is 10.8 Å². The number of pyridine rings is 1. The van der Waals surface area contributed by atoms with Crippen LogP contribution >= 0.6 is 11.6 Å². The predicted octanol–water partition coefficient (Wildman–Crippen LogP) is 8.01. The van der Waals surface area contributed by atoms with Gasteiger partial charge in [-0.05, 0) is 101 Å². The van der Waals surface area contributed by atoms with Crippen LogP contribution in [0.15, 0.2) is 18.2 Å². The number of carbonyl (C=O) groups is 1. The standard InChI is InChI=1S/C33H44ClF2N3O3/c1-31(2,3)42-28(30(40)41)26-27(39-17-11-32(4,5)12-18-39)25(21-7-8-22(35)23(36)19-21)24(37-29(26)34)20-38-15-13-33(14-16-38)9-6-10-33/h7-8,19,28H,6,9-18,20H2,1-5H3,(H,40,41)/t28-/m0/s1. The molecular weight excluding hydrogens is 560 g/mol. The van der Waals surface area contributed by atoms with E-state index < -0.39 is 29.3 Å². The molecule has 6 nitrogen and oxygen atoms in total. The predicted molar refractivity (Wildman–Crippen MR) is 162 cm³/mol. The smallest absolute Gasteiger partial charge is 0.337 e. The zero-order chi connectivity index (χ0) is 30.4. The Morgan fingerprint density at radius 1 is 1.05 bits per heavy atom. The Labute approximate surface area is 253 Å². The Hall–Kier alpha value is -2.29. The number of halogens is 3. The highest BCUT2D eigenvalue weighted by atomic mass is 35.5. The third-order valence-electron chi connectivity index (χ3n) is 9.54. The second-order valence-corrected chi connectivity index (χ2v) is 14.7. The largest absolute Gasteiger partial charge is 0.479 e. The zero-order valence-electron chi connectivity index (χ0n) is 25.5. The average Bonchev–Trinajstić information content (AvgIpc) is 2.88. The maximum atomic E-state index is 14.8.